The quantitative estimate of drug-likeness (QED) is 0.832. The molecule has 1 aliphatic rings. The van der Waals surface area contributed by atoms with Crippen LogP contribution in [0.15, 0.2) is 35.7 Å². The predicted octanol–water partition coefficient (Wildman–Crippen LogP) is 3.52. The highest BCUT2D eigenvalue weighted by molar-refractivity contribution is 7.80. The van der Waals surface area contributed by atoms with Crippen LogP contribution in [0.5, 0.6) is 0 Å². The van der Waals surface area contributed by atoms with E-state index in [1.807, 2.05) is 22.4 Å². The molecule has 1 saturated heterocycles. The number of carbonyl (C=O) groups excluding carboxylic acids is 1. The Morgan fingerprint density at radius 3 is 2.50 bits per heavy atom. The van der Waals surface area contributed by atoms with Gasteiger partial charge in [-0.3, -0.25) is 4.79 Å². The second-order valence-corrected chi connectivity index (χ2v) is 7.34. The number of piperazine rings is 1. The van der Waals surface area contributed by atoms with Gasteiger partial charge in [0.25, 0.3) is 5.91 Å². The fraction of sp³-hybridized carbons (Fsp3) is 0.333. The van der Waals surface area contributed by atoms with E-state index >= 15 is 0 Å². The maximum atomic E-state index is 12.4. The largest absolute Gasteiger partial charge is 0.345 e. The third kappa shape index (κ3) is 3.76. The van der Waals surface area contributed by atoms with E-state index in [9.17, 15) is 4.79 Å². The average molecular weight is 360 g/mol. The Morgan fingerprint density at radius 1 is 1.12 bits per heavy atom. The van der Waals surface area contributed by atoms with E-state index in [0.29, 0.717) is 13.1 Å². The van der Waals surface area contributed by atoms with Crippen molar-refractivity contribution in [3.8, 4) is 0 Å². The first-order valence-corrected chi connectivity index (χ1v) is 9.29. The van der Waals surface area contributed by atoms with Gasteiger partial charge in [0.1, 0.15) is 0 Å². The summed E-state index contributed by atoms with van der Waals surface area (Å²) in [6.45, 7) is 7.06. The molecule has 1 aromatic carbocycles. The van der Waals surface area contributed by atoms with Crippen molar-refractivity contribution in [1.82, 2.24) is 9.80 Å². The Bertz CT molecular complexity index is 735. The summed E-state index contributed by atoms with van der Waals surface area (Å²) < 4.78 is 0. The molecule has 3 rings (SSSR count). The van der Waals surface area contributed by atoms with Crippen LogP contribution in [-0.4, -0.2) is 47.0 Å². The monoisotopic (exact) mass is 359 g/mol. The summed E-state index contributed by atoms with van der Waals surface area (Å²) in [5.41, 5.74) is 3.43. The highest BCUT2D eigenvalue weighted by Crippen LogP contribution is 2.18. The van der Waals surface area contributed by atoms with Crippen LogP contribution in [0.1, 0.15) is 20.8 Å². The molecule has 0 atom stereocenters. The lowest BCUT2D eigenvalue weighted by Gasteiger charge is -2.36. The van der Waals surface area contributed by atoms with Gasteiger partial charge in [0.2, 0.25) is 0 Å². The predicted molar refractivity (Wildman–Crippen MR) is 104 cm³/mol. The molecule has 1 amide bonds. The second kappa shape index (κ2) is 7.32. The summed E-state index contributed by atoms with van der Waals surface area (Å²) in [5, 5.41) is 6.01. The molecule has 0 bridgehead atoms. The first kappa shape index (κ1) is 16.9. The second-order valence-electron chi connectivity index (χ2n) is 6.01. The van der Waals surface area contributed by atoms with Crippen molar-refractivity contribution in [2.75, 3.05) is 31.5 Å². The number of nitrogens with one attached hydrogen (secondary N) is 1. The van der Waals surface area contributed by atoms with Crippen LogP contribution in [0.4, 0.5) is 5.69 Å². The van der Waals surface area contributed by atoms with Crippen LogP contribution in [-0.2, 0) is 0 Å². The highest BCUT2D eigenvalue weighted by Gasteiger charge is 2.24. The molecule has 1 aliphatic heterocycles. The minimum atomic E-state index is 0.123. The Kier molecular flexibility index (Phi) is 5.16. The number of thiophene rings is 1. The molecule has 0 spiro atoms. The van der Waals surface area contributed by atoms with E-state index in [1.54, 1.807) is 0 Å². The smallest absolute Gasteiger partial charge is 0.264 e. The number of hydrogen-bond donors (Lipinski definition) is 1. The third-order valence-corrected chi connectivity index (χ3v) is 5.44. The van der Waals surface area contributed by atoms with Crippen molar-refractivity contribution in [3.63, 3.8) is 0 Å². The van der Waals surface area contributed by atoms with Crippen molar-refractivity contribution in [1.29, 1.82) is 0 Å². The molecular weight excluding hydrogens is 338 g/mol. The molecular formula is C18H21N3OS2. The van der Waals surface area contributed by atoms with Gasteiger partial charge in [-0.2, -0.15) is 0 Å². The first-order chi connectivity index (χ1) is 11.5. The number of hydrogen-bond acceptors (Lipinski definition) is 3. The molecule has 126 valence electrons. The zero-order valence-electron chi connectivity index (χ0n) is 13.9. The van der Waals surface area contributed by atoms with Gasteiger partial charge in [0.15, 0.2) is 5.11 Å². The Hall–Kier alpha value is -1.92. The summed E-state index contributed by atoms with van der Waals surface area (Å²) in [6, 6.07) is 10.1. The van der Waals surface area contributed by atoms with E-state index in [2.05, 4.69) is 42.3 Å². The van der Waals surface area contributed by atoms with Crippen molar-refractivity contribution in [3.05, 3.63) is 51.7 Å². The maximum Gasteiger partial charge on any atom is 0.264 e. The topological polar surface area (TPSA) is 35.6 Å². The molecule has 1 fully saturated rings. The summed E-state index contributed by atoms with van der Waals surface area (Å²) in [7, 11) is 0. The van der Waals surface area contributed by atoms with Gasteiger partial charge in [-0.1, -0.05) is 18.2 Å². The summed E-state index contributed by atoms with van der Waals surface area (Å²) in [6.07, 6.45) is 0. The van der Waals surface area contributed by atoms with Crippen LogP contribution >= 0.6 is 23.6 Å². The Balaban J connectivity index is 1.57. The van der Waals surface area contributed by atoms with E-state index < -0.39 is 0 Å². The van der Waals surface area contributed by atoms with Gasteiger partial charge >= 0.3 is 0 Å². The lowest BCUT2D eigenvalue weighted by atomic mass is 10.1. The van der Waals surface area contributed by atoms with E-state index in [0.717, 1.165) is 28.8 Å². The number of carbonyl (C=O) groups is 1. The molecule has 0 radical (unpaired) electrons. The minimum absolute atomic E-state index is 0.123. The van der Waals surface area contributed by atoms with Gasteiger partial charge in [0.05, 0.1) is 4.88 Å². The average Bonchev–Trinajstić information content (AvgIpc) is 3.12. The zero-order chi connectivity index (χ0) is 17.1. The number of thiocarbonyl (C=S) groups is 1. The molecule has 0 aliphatic carbocycles. The van der Waals surface area contributed by atoms with Crippen molar-refractivity contribution >= 4 is 40.3 Å². The number of nitrogens with zero attached hydrogens (tertiary/aromatic N) is 2. The molecule has 24 heavy (non-hydrogen) atoms. The van der Waals surface area contributed by atoms with Crippen LogP contribution in [0.3, 0.4) is 0 Å². The molecule has 4 nitrogen and oxygen atoms in total. The molecule has 0 unspecified atom stereocenters. The molecule has 0 saturated carbocycles. The standard InChI is InChI=1S/C18H21N3OS2/c1-13-5-6-14(2)15(12-13)19-18(23)21-9-7-20(8-10-21)17(22)16-4-3-11-24-16/h3-6,11-12H,7-10H2,1-2H3,(H,19,23). The number of anilines is 1. The van der Waals surface area contributed by atoms with Crippen molar-refractivity contribution < 1.29 is 4.79 Å². The van der Waals surface area contributed by atoms with E-state index in [4.69, 9.17) is 12.2 Å². The molecule has 1 aromatic heterocycles. The van der Waals surface area contributed by atoms with Gasteiger partial charge < -0.3 is 15.1 Å². The third-order valence-electron chi connectivity index (χ3n) is 4.22. The SMILES string of the molecule is Cc1ccc(C)c(NC(=S)N2CCN(C(=O)c3cccs3)CC2)c1. The summed E-state index contributed by atoms with van der Waals surface area (Å²) in [5.74, 6) is 0.123. The lowest BCUT2D eigenvalue weighted by molar-refractivity contribution is 0.0698. The lowest BCUT2D eigenvalue weighted by Crippen LogP contribution is -2.51. The van der Waals surface area contributed by atoms with E-state index in [1.165, 1.54) is 22.5 Å². The molecule has 1 N–H and O–H groups in total. The van der Waals surface area contributed by atoms with Crippen molar-refractivity contribution in [2.45, 2.75) is 13.8 Å². The van der Waals surface area contributed by atoms with Crippen LogP contribution in [0, 0.1) is 13.8 Å². The fourth-order valence-electron chi connectivity index (χ4n) is 2.73. The maximum absolute atomic E-state index is 12.4. The Morgan fingerprint density at radius 2 is 1.83 bits per heavy atom. The van der Waals surface area contributed by atoms with Gasteiger partial charge in [0, 0.05) is 31.9 Å². The summed E-state index contributed by atoms with van der Waals surface area (Å²) >= 11 is 7.05. The van der Waals surface area contributed by atoms with Crippen LogP contribution in [0.2, 0.25) is 0 Å². The fourth-order valence-corrected chi connectivity index (χ4v) is 3.72. The van der Waals surface area contributed by atoms with Gasteiger partial charge in [-0.15, -0.1) is 11.3 Å². The zero-order valence-corrected chi connectivity index (χ0v) is 15.5. The van der Waals surface area contributed by atoms with Crippen LogP contribution in [0.25, 0.3) is 0 Å². The first-order valence-electron chi connectivity index (χ1n) is 8.00. The normalized spacial score (nSPS) is 14.6. The number of amides is 1. The number of benzene rings is 1. The van der Waals surface area contributed by atoms with Gasteiger partial charge in [-0.25, -0.2) is 0 Å². The van der Waals surface area contributed by atoms with Gasteiger partial charge in [-0.05, 0) is 54.7 Å². The molecule has 2 aromatic rings. The molecule has 6 heteroatoms. The van der Waals surface area contributed by atoms with Crippen LogP contribution < -0.4 is 5.32 Å². The molecule has 2 heterocycles. The Labute approximate surface area is 152 Å². The van der Waals surface area contributed by atoms with Crippen molar-refractivity contribution in [2.24, 2.45) is 0 Å². The van der Waals surface area contributed by atoms with E-state index in [-0.39, 0.29) is 5.91 Å². The number of aryl methyl sites for hydroxylation is 2. The highest BCUT2D eigenvalue weighted by atomic mass is 32.1. The minimum Gasteiger partial charge on any atom is -0.345 e. The summed E-state index contributed by atoms with van der Waals surface area (Å²) in [4.78, 5) is 17.2. The number of rotatable bonds is 2.